The molecule has 0 radical (unpaired) electrons. The maximum atomic E-state index is 14.7. The number of hydrogen-bond acceptors (Lipinski definition) is 6. The molecule has 11 heteroatoms. The van der Waals surface area contributed by atoms with Gasteiger partial charge in [-0.05, 0) is 0 Å². The van der Waals surface area contributed by atoms with Crippen molar-refractivity contribution in [1.29, 1.82) is 0 Å². The van der Waals surface area contributed by atoms with Gasteiger partial charge in [-0.3, -0.25) is 14.6 Å². The molecule has 1 aliphatic heterocycles. The lowest BCUT2D eigenvalue weighted by Crippen LogP contribution is -2.52. The first-order valence-corrected chi connectivity index (χ1v) is 10.7. The first kappa shape index (κ1) is 21.4. The van der Waals surface area contributed by atoms with E-state index in [0.717, 1.165) is 17.6 Å². The van der Waals surface area contributed by atoms with Crippen LogP contribution in [0.4, 0.5) is 4.39 Å². The highest BCUT2D eigenvalue weighted by molar-refractivity contribution is 6.45. The Morgan fingerprint density at radius 1 is 1.09 bits per heavy atom. The van der Waals surface area contributed by atoms with E-state index in [4.69, 9.17) is 0 Å². The van der Waals surface area contributed by atoms with E-state index in [1.165, 1.54) is 22.0 Å². The Hall–Kier alpha value is -4.41. The van der Waals surface area contributed by atoms with E-state index in [-0.39, 0.29) is 22.3 Å². The van der Waals surface area contributed by atoms with E-state index in [1.807, 2.05) is 30.3 Å². The number of aliphatic imine (C=N–C) groups is 1. The normalized spacial score (nSPS) is 14.6. The Bertz CT molecular complexity index is 1370. The van der Waals surface area contributed by atoms with Gasteiger partial charge in [-0.15, -0.1) is 5.10 Å². The zero-order valence-corrected chi connectivity index (χ0v) is 18.3. The minimum absolute atomic E-state index is 0.00182. The average molecular weight is 460 g/mol. The summed E-state index contributed by atoms with van der Waals surface area (Å²) in [6, 6.07) is 9.80. The van der Waals surface area contributed by atoms with Crippen LogP contribution in [0.25, 0.3) is 16.7 Å². The number of aromatic amines is 1. The number of carbonyl (C=O) groups excluding carboxylic acids is 2. The summed E-state index contributed by atoms with van der Waals surface area (Å²) in [6.07, 6.45) is 5.35. The van der Waals surface area contributed by atoms with Crippen molar-refractivity contribution >= 4 is 28.4 Å². The predicted molar refractivity (Wildman–Crippen MR) is 122 cm³/mol. The molecule has 0 saturated carbocycles. The molecule has 4 heterocycles. The number of nitrogens with one attached hydrogen (secondary N) is 1. The highest BCUT2D eigenvalue weighted by Gasteiger charge is 2.30. The molecule has 1 saturated heterocycles. The molecule has 1 fully saturated rings. The number of Topliss-reactive ketones (excluding diaryl/α,β-unsaturated/α-hetero) is 1. The van der Waals surface area contributed by atoms with Crippen molar-refractivity contribution in [3.63, 3.8) is 0 Å². The number of benzene rings is 1. The molecule has 0 unspecified atom stereocenters. The van der Waals surface area contributed by atoms with Gasteiger partial charge in [-0.1, -0.05) is 35.5 Å². The fraction of sp³-hybridized carbons (Fsp3) is 0.217. The van der Waals surface area contributed by atoms with Crippen LogP contribution in [0, 0.1) is 5.82 Å². The molecule has 0 aliphatic carbocycles. The molecular weight excluding hydrogens is 439 g/mol. The molecular formula is C23H21FN8O2. The van der Waals surface area contributed by atoms with Crippen LogP contribution in [0.2, 0.25) is 0 Å². The number of halogens is 1. The summed E-state index contributed by atoms with van der Waals surface area (Å²) < 4.78 is 16.0. The topological polar surface area (TPSA) is 112 Å². The van der Waals surface area contributed by atoms with E-state index in [9.17, 15) is 14.0 Å². The molecule has 0 bridgehead atoms. The van der Waals surface area contributed by atoms with Gasteiger partial charge in [0.2, 0.25) is 0 Å². The zero-order valence-electron chi connectivity index (χ0n) is 18.3. The quantitative estimate of drug-likeness (QED) is 0.215. The van der Waals surface area contributed by atoms with E-state index in [0.29, 0.717) is 26.2 Å². The number of carbonyl (C=O) groups is 2. The number of rotatable bonds is 4. The van der Waals surface area contributed by atoms with Crippen molar-refractivity contribution in [2.45, 2.75) is 0 Å². The second kappa shape index (κ2) is 8.85. The summed E-state index contributed by atoms with van der Waals surface area (Å²) in [6.45, 7) is 1.77. The van der Waals surface area contributed by atoms with Gasteiger partial charge in [0.15, 0.2) is 11.6 Å². The van der Waals surface area contributed by atoms with Crippen LogP contribution in [-0.4, -0.2) is 85.5 Å². The third kappa shape index (κ3) is 3.70. The van der Waals surface area contributed by atoms with Gasteiger partial charge in [0, 0.05) is 45.0 Å². The standard InChI is InChI=1S/C23H21FN8O2/c1-25-21(15-5-3-2-4-6-15)30-9-11-31(12-10-30)23(34)20(33)16-13-26-19-18(16)17(24)14-27-22(19)32-8-7-28-29-32/h2-8,13-14,26H,9-12H2,1H3/b25-21+. The summed E-state index contributed by atoms with van der Waals surface area (Å²) in [7, 11) is 1.73. The summed E-state index contributed by atoms with van der Waals surface area (Å²) in [5.74, 6) is -1.03. The van der Waals surface area contributed by atoms with Gasteiger partial charge in [0.1, 0.15) is 5.84 Å². The molecule has 10 nitrogen and oxygen atoms in total. The maximum Gasteiger partial charge on any atom is 0.295 e. The zero-order chi connectivity index (χ0) is 23.7. The molecule has 34 heavy (non-hydrogen) atoms. The van der Waals surface area contributed by atoms with Crippen LogP contribution in [0.5, 0.6) is 0 Å². The van der Waals surface area contributed by atoms with E-state index >= 15 is 0 Å². The number of amides is 1. The number of amidine groups is 1. The Labute approximate surface area is 193 Å². The molecule has 172 valence electrons. The molecule has 3 aromatic heterocycles. The Morgan fingerprint density at radius 2 is 1.82 bits per heavy atom. The Kier molecular flexibility index (Phi) is 5.58. The largest absolute Gasteiger partial charge is 0.357 e. The summed E-state index contributed by atoms with van der Waals surface area (Å²) in [5, 5.41) is 7.60. The molecule has 5 rings (SSSR count). The molecule has 1 aromatic carbocycles. The van der Waals surface area contributed by atoms with Crippen molar-refractivity contribution in [2.75, 3.05) is 33.2 Å². The summed E-state index contributed by atoms with van der Waals surface area (Å²) in [4.78, 5) is 41.0. The van der Waals surface area contributed by atoms with Crippen LogP contribution >= 0.6 is 0 Å². The van der Waals surface area contributed by atoms with Crippen LogP contribution in [-0.2, 0) is 4.79 Å². The van der Waals surface area contributed by atoms with E-state index in [1.54, 1.807) is 13.2 Å². The maximum absolute atomic E-state index is 14.7. The number of hydrogen-bond donors (Lipinski definition) is 1. The molecule has 1 amide bonds. The highest BCUT2D eigenvalue weighted by Crippen LogP contribution is 2.26. The molecule has 1 aliphatic rings. The second-order valence-corrected chi connectivity index (χ2v) is 7.75. The molecule has 0 atom stereocenters. The number of aromatic nitrogens is 5. The van der Waals surface area contributed by atoms with Gasteiger partial charge in [0.25, 0.3) is 11.7 Å². The smallest absolute Gasteiger partial charge is 0.295 e. The summed E-state index contributed by atoms with van der Waals surface area (Å²) >= 11 is 0. The van der Waals surface area contributed by atoms with Crippen LogP contribution < -0.4 is 0 Å². The highest BCUT2D eigenvalue weighted by atomic mass is 19.1. The number of piperazine rings is 1. The Balaban J connectivity index is 1.35. The third-order valence-corrected chi connectivity index (χ3v) is 5.83. The van der Waals surface area contributed by atoms with Crippen LogP contribution in [0.3, 0.4) is 0 Å². The van der Waals surface area contributed by atoms with Gasteiger partial charge in [-0.2, -0.15) is 0 Å². The number of pyridine rings is 1. The predicted octanol–water partition coefficient (Wildman–Crippen LogP) is 1.69. The molecule has 0 spiro atoms. The van der Waals surface area contributed by atoms with E-state index in [2.05, 4.69) is 30.2 Å². The fourth-order valence-corrected chi connectivity index (χ4v) is 4.19. The lowest BCUT2D eigenvalue weighted by atomic mass is 10.1. The van der Waals surface area contributed by atoms with Gasteiger partial charge in [0.05, 0.1) is 35.1 Å². The summed E-state index contributed by atoms with van der Waals surface area (Å²) in [5.41, 5.74) is 1.22. The van der Waals surface area contributed by atoms with E-state index < -0.39 is 17.5 Å². The van der Waals surface area contributed by atoms with Gasteiger partial charge >= 0.3 is 0 Å². The monoisotopic (exact) mass is 460 g/mol. The minimum Gasteiger partial charge on any atom is -0.357 e. The van der Waals surface area contributed by atoms with Crippen molar-refractivity contribution < 1.29 is 14.0 Å². The van der Waals surface area contributed by atoms with Gasteiger partial charge < -0.3 is 14.8 Å². The molecule has 4 aromatic rings. The Morgan fingerprint density at radius 3 is 2.50 bits per heavy atom. The number of H-pyrrole nitrogens is 1. The fourth-order valence-electron chi connectivity index (χ4n) is 4.19. The lowest BCUT2D eigenvalue weighted by Gasteiger charge is -2.36. The lowest BCUT2D eigenvalue weighted by molar-refractivity contribution is -0.127. The van der Waals surface area contributed by atoms with Crippen LogP contribution in [0.15, 0.2) is 60.1 Å². The second-order valence-electron chi connectivity index (χ2n) is 7.75. The first-order valence-electron chi connectivity index (χ1n) is 10.7. The van der Waals surface area contributed by atoms with Crippen LogP contribution in [0.1, 0.15) is 15.9 Å². The average Bonchev–Trinajstić information content (AvgIpc) is 3.56. The number of nitrogens with zero attached hydrogens (tertiary/aromatic N) is 7. The SMILES string of the molecule is C/N=C(\c1ccccc1)N1CCN(C(=O)C(=O)c2c[nH]c3c(-n4ccnn4)ncc(F)c23)CC1. The van der Waals surface area contributed by atoms with Crippen molar-refractivity contribution in [3.05, 3.63) is 72.1 Å². The number of ketones is 1. The van der Waals surface area contributed by atoms with Crippen molar-refractivity contribution in [3.8, 4) is 5.82 Å². The van der Waals surface area contributed by atoms with Crippen molar-refractivity contribution in [2.24, 2.45) is 4.99 Å². The number of fused-ring (bicyclic) bond motifs is 1. The molecule has 1 N–H and O–H groups in total. The minimum atomic E-state index is -0.776. The third-order valence-electron chi connectivity index (χ3n) is 5.83. The first-order chi connectivity index (χ1) is 16.6. The van der Waals surface area contributed by atoms with Gasteiger partial charge in [-0.25, -0.2) is 14.1 Å². The van der Waals surface area contributed by atoms with Crippen molar-refractivity contribution in [1.82, 2.24) is 34.8 Å².